The molecule has 1 atom stereocenters. The van der Waals surface area contributed by atoms with Gasteiger partial charge in [0.15, 0.2) is 5.78 Å². The summed E-state index contributed by atoms with van der Waals surface area (Å²) in [6.07, 6.45) is -4.01. The molecule has 0 saturated heterocycles. The van der Waals surface area contributed by atoms with Crippen molar-refractivity contribution >= 4 is 27.7 Å². The minimum Gasteiger partial charge on any atom is -0.328 e. The third-order valence-corrected chi connectivity index (χ3v) is 5.45. The summed E-state index contributed by atoms with van der Waals surface area (Å²) in [5, 5.41) is 6.48. The van der Waals surface area contributed by atoms with Crippen molar-refractivity contribution in [2.75, 3.05) is 5.32 Å². The van der Waals surface area contributed by atoms with E-state index >= 15 is 0 Å². The van der Waals surface area contributed by atoms with Crippen LogP contribution < -0.4 is 5.32 Å². The maximum absolute atomic E-state index is 13.7. The largest absolute Gasteiger partial charge is 0.453 e. The molecular weight excluding hydrogens is 444 g/mol. The van der Waals surface area contributed by atoms with Crippen molar-refractivity contribution in [3.8, 4) is 0 Å². The number of nitrogens with zero attached hydrogens (tertiary/aromatic N) is 3. The average molecular weight is 459 g/mol. The number of benzene rings is 1. The van der Waals surface area contributed by atoms with Crippen molar-refractivity contribution in [1.29, 1.82) is 0 Å². The van der Waals surface area contributed by atoms with Gasteiger partial charge in [-0.25, -0.2) is 9.07 Å². The first-order chi connectivity index (χ1) is 13.0. The van der Waals surface area contributed by atoms with Gasteiger partial charge in [-0.3, -0.25) is 4.79 Å². The first-order valence-electron chi connectivity index (χ1n) is 8.48. The lowest BCUT2D eigenvalue weighted by molar-refractivity contribution is -0.145. The van der Waals surface area contributed by atoms with Gasteiger partial charge in [0.2, 0.25) is 5.95 Å². The van der Waals surface area contributed by atoms with Crippen molar-refractivity contribution < 1.29 is 22.4 Å². The predicted octanol–water partition coefficient (Wildman–Crippen LogP) is 4.86. The van der Waals surface area contributed by atoms with E-state index < -0.39 is 23.9 Å². The fraction of sp³-hybridized carbons (Fsp3) is 0.389. The SMILES string of the molecule is CC1(C)CC(=O)C2=C(C1)Nc1nc(C(F)(F)F)nn1[C@H]2c1ccc(F)c(Br)c1. The molecule has 1 aliphatic heterocycles. The normalized spacial score (nSPS) is 21.2. The molecule has 4 rings (SSSR count). The summed E-state index contributed by atoms with van der Waals surface area (Å²) in [5.74, 6) is -2.09. The van der Waals surface area contributed by atoms with Crippen LogP contribution in [0.4, 0.5) is 23.5 Å². The maximum atomic E-state index is 13.7. The van der Waals surface area contributed by atoms with E-state index in [9.17, 15) is 22.4 Å². The van der Waals surface area contributed by atoms with Crippen LogP contribution in [0.1, 0.15) is 44.1 Å². The van der Waals surface area contributed by atoms with Gasteiger partial charge in [-0.1, -0.05) is 19.9 Å². The molecule has 0 saturated carbocycles. The molecule has 0 bridgehead atoms. The van der Waals surface area contributed by atoms with Crippen LogP contribution in [0.3, 0.4) is 0 Å². The fourth-order valence-electron chi connectivity index (χ4n) is 3.72. The zero-order valence-corrected chi connectivity index (χ0v) is 16.4. The molecule has 148 valence electrons. The second-order valence-corrected chi connectivity index (χ2v) is 8.59. The number of nitrogens with one attached hydrogen (secondary N) is 1. The van der Waals surface area contributed by atoms with Gasteiger partial charge in [-0.2, -0.15) is 18.2 Å². The Morgan fingerprint density at radius 3 is 2.64 bits per heavy atom. The van der Waals surface area contributed by atoms with Gasteiger partial charge in [0.05, 0.1) is 4.47 Å². The summed E-state index contributed by atoms with van der Waals surface area (Å²) in [7, 11) is 0. The Bertz CT molecular complexity index is 1030. The number of rotatable bonds is 1. The van der Waals surface area contributed by atoms with Gasteiger partial charge in [0.1, 0.15) is 11.9 Å². The monoisotopic (exact) mass is 458 g/mol. The molecule has 2 aliphatic rings. The zero-order chi connectivity index (χ0) is 20.4. The lowest BCUT2D eigenvalue weighted by atomic mass is 9.73. The Morgan fingerprint density at radius 1 is 1.29 bits per heavy atom. The summed E-state index contributed by atoms with van der Waals surface area (Å²) in [6.45, 7) is 3.83. The molecule has 1 aromatic heterocycles. The Balaban J connectivity index is 1.93. The molecule has 0 spiro atoms. The van der Waals surface area contributed by atoms with E-state index in [2.05, 4.69) is 31.3 Å². The Hall–Kier alpha value is -2.23. The lowest BCUT2D eigenvalue weighted by Crippen LogP contribution is -2.36. The smallest absolute Gasteiger partial charge is 0.328 e. The molecule has 10 heteroatoms. The minimum absolute atomic E-state index is 0.0953. The van der Waals surface area contributed by atoms with Gasteiger partial charge in [-0.15, -0.1) is 5.10 Å². The van der Waals surface area contributed by atoms with Crippen molar-refractivity contribution in [2.45, 2.75) is 38.9 Å². The van der Waals surface area contributed by atoms with E-state index in [1.54, 1.807) is 0 Å². The van der Waals surface area contributed by atoms with Crippen LogP contribution >= 0.6 is 15.9 Å². The molecule has 1 aliphatic carbocycles. The molecule has 28 heavy (non-hydrogen) atoms. The van der Waals surface area contributed by atoms with Gasteiger partial charge in [-0.05, 0) is 45.5 Å². The van der Waals surface area contributed by atoms with Crippen molar-refractivity contribution in [3.63, 3.8) is 0 Å². The Kier molecular flexibility index (Phi) is 4.18. The molecule has 0 amide bonds. The molecule has 0 radical (unpaired) electrons. The number of hydrogen-bond donors (Lipinski definition) is 1. The fourth-order valence-corrected chi connectivity index (χ4v) is 4.12. The number of aromatic nitrogens is 3. The zero-order valence-electron chi connectivity index (χ0n) is 14.9. The summed E-state index contributed by atoms with van der Waals surface area (Å²) < 4.78 is 54.5. The second-order valence-electron chi connectivity index (χ2n) is 7.74. The van der Waals surface area contributed by atoms with Crippen molar-refractivity contribution in [1.82, 2.24) is 14.8 Å². The van der Waals surface area contributed by atoms with E-state index in [0.29, 0.717) is 23.3 Å². The topological polar surface area (TPSA) is 59.8 Å². The molecular formula is C18H15BrF4N4O. The quantitative estimate of drug-likeness (QED) is 0.620. The van der Waals surface area contributed by atoms with Crippen LogP contribution in [-0.4, -0.2) is 20.5 Å². The number of hydrogen-bond acceptors (Lipinski definition) is 4. The predicted molar refractivity (Wildman–Crippen MR) is 95.9 cm³/mol. The van der Waals surface area contributed by atoms with Crippen molar-refractivity contribution in [3.05, 3.63) is 51.1 Å². The highest BCUT2D eigenvalue weighted by atomic mass is 79.9. The number of anilines is 1. The van der Waals surface area contributed by atoms with Crippen LogP contribution in [0.5, 0.6) is 0 Å². The standard InChI is InChI=1S/C18H15BrF4N4O/c1-17(2)6-11-13(12(28)7-17)14(8-3-4-10(20)9(19)5-8)27-16(24-11)25-15(26-27)18(21,22)23/h3-5,14H,6-7H2,1-2H3,(H,24,25,26)/t14-/m0/s1. The summed E-state index contributed by atoms with van der Waals surface area (Å²) in [4.78, 5) is 16.5. The summed E-state index contributed by atoms with van der Waals surface area (Å²) in [6, 6.07) is 3.16. The van der Waals surface area contributed by atoms with Crippen LogP contribution in [0.25, 0.3) is 0 Å². The van der Waals surface area contributed by atoms with Gasteiger partial charge < -0.3 is 5.32 Å². The van der Waals surface area contributed by atoms with E-state index in [0.717, 1.165) is 4.68 Å². The number of allylic oxidation sites excluding steroid dienone is 2. The molecule has 1 aromatic carbocycles. The highest BCUT2D eigenvalue weighted by molar-refractivity contribution is 9.10. The number of fused-ring (bicyclic) bond motifs is 1. The third-order valence-electron chi connectivity index (χ3n) is 4.84. The average Bonchev–Trinajstić information content (AvgIpc) is 2.98. The number of halogens is 5. The highest BCUT2D eigenvalue weighted by Gasteiger charge is 2.44. The van der Waals surface area contributed by atoms with Gasteiger partial charge in [0.25, 0.3) is 5.82 Å². The first-order valence-corrected chi connectivity index (χ1v) is 9.27. The number of alkyl halides is 3. The van der Waals surface area contributed by atoms with Gasteiger partial charge in [0, 0.05) is 17.7 Å². The van der Waals surface area contributed by atoms with Crippen LogP contribution in [0, 0.1) is 11.2 Å². The Labute approximate surface area is 166 Å². The first kappa shape index (κ1) is 19.1. The molecule has 1 N–H and O–H groups in total. The Morgan fingerprint density at radius 2 is 2.00 bits per heavy atom. The van der Waals surface area contributed by atoms with Crippen LogP contribution in [-0.2, 0) is 11.0 Å². The third kappa shape index (κ3) is 3.13. The lowest BCUT2D eigenvalue weighted by Gasteiger charge is -2.38. The number of ketones is 1. The molecule has 0 unspecified atom stereocenters. The van der Waals surface area contributed by atoms with Crippen LogP contribution in [0.2, 0.25) is 0 Å². The highest BCUT2D eigenvalue weighted by Crippen LogP contribution is 2.46. The van der Waals surface area contributed by atoms with E-state index in [4.69, 9.17) is 0 Å². The number of carbonyl (C=O) groups excluding carboxylic acids is 1. The summed E-state index contributed by atoms with van der Waals surface area (Å²) >= 11 is 3.09. The molecule has 2 aromatic rings. The second kappa shape index (κ2) is 6.13. The van der Waals surface area contributed by atoms with E-state index in [1.165, 1.54) is 18.2 Å². The molecule has 0 fully saturated rings. The molecule has 5 nitrogen and oxygen atoms in total. The van der Waals surface area contributed by atoms with Gasteiger partial charge >= 0.3 is 6.18 Å². The minimum atomic E-state index is -4.73. The van der Waals surface area contributed by atoms with E-state index in [-0.39, 0.29) is 28.0 Å². The molecule has 2 heterocycles. The number of carbonyl (C=O) groups is 1. The van der Waals surface area contributed by atoms with Crippen molar-refractivity contribution in [2.24, 2.45) is 5.41 Å². The summed E-state index contributed by atoms with van der Waals surface area (Å²) in [5.41, 5.74) is 0.964. The van der Waals surface area contributed by atoms with E-state index in [1.807, 2.05) is 13.8 Å². The maximum Gasteiger partial charge on any atom is 0.453 e. The van der Waals surface area contributed by atoms with Crippen LogP contribution in [0.15, 0.2) is 33.9 Å². The number of Topliss-reactive ketones (excluding diaryl/α,β-unsaturated/α-hetero) is 1.